The molecule has 20 heavy (non-hydrogen) atoms. The van der Waals surface area contributed by atoms with Crippen molar-refractivity contribution in [3.63, 3.8) is 0 Å². The summed E-state index contributed by atoms with van der Waals surface area (Å²) in [4.78, 5) is 18.0. The van der Waals surface area contributed by atoms with E-state index < -0.39 is 0 Å². The Kier molecular flexibility index (Phi) is 5.30. The van der Waals surface area contributed by atoms with Gasteiger partial charge in [-0.15, -0.1) is 22.7 Å². The van der Waals surface area contributed by atoms with Crippen molar-refractivity contribution in [1.82, 2.24) is 10.3 Å². The molecule has 2 aromatic heterocycles. The molecule has 0 radical (unpaired) electrons. The highest BCUT2D eigenvalue weighted by Gasteiger charge is 2.08. The summed E-state index contributed by atoms with van der Waals surface area (Å²) in [5.41, 5.74) is 0.615. The Morgan fingerprint density at radius 2 is 2.40 bits per heavy atom. The molecular weight excluding hydrogens is 292 g/mol. The van der Waals surface area contributed by atoms with E-state index in [0.717, 1.165) is 14.8 Å². The number of aliphatic hydroxyl groups is 1. The monoisotopic (exact) mass is 306 g/mol. The summed E-state index contributed by atoms with van der Waals surface area (Å²) in [6.07, 6.45) is 2.23. The first-order valence-corrected chi connectivity index (χ1v) is 7.76. The van der Waals surface area contributed by atoms with E-state index in [2.05, 4.69) is 22.1 Å². The van der Waals surface area contributed by atoms with Crippen molar-refractivity contribution >= 4 is 28.6 Å². The molecule has 4 nitrogen and oxygen atoms in total. The number of hydrogen-bond donors (Lipinski definition) is 2. The Bertz CT molecular complexity index is 649. The third kappa shape index (κ3) is 4.17. The van der Waals surface area contributed by atoms with Gasteiger partial charge in [0.15, 0.2) is 0 Å². The van der Waals surface area contributed by atoms with Gasteiger partial charge in [0, 0.05) is 22.9 Å². The lowest BCUT2D eigenvalue weighted by atomic mass is 10.3. The lowest BCUT2D eigenvalue weighted by Gasteiger charge is -2.00. The summed E-state index contributed by atoms with van der Waals surface area (Å²) in [7, 11) is 0. The van der Waals surface area contributed by atoms with E-state index in [1.165, 1.54) is 11.3 Å². The first-order chi connectivity index (χ1) is 9.69. The van der Waals surface area contributed by atoms with Crippen molar-refractivity contribution in [1.29, 1.82) is 0 Å². The number of thiophene rings is 1. The maximum Gasteiger partial charge on any atom is 0.252 e. The number of nitrogens with zero attached hydrogens (tertiary/aromatic N) is 1. The van der Waals surface area contributed by atoms with Crippen molar-refractivity contribution in [3.05, 3.63) is 38.0 Å². The van der Waals surface area contributed by atoms with E-state index in [9.17, 15) is 4.79 Å². The van der Waals surface area contributed by atoms with Crippen LogP contribution < -0.4 is 5.32 Å². The predicted molar refractivity (Wildman–Crippen MR) is 80.9 cm³/mol. The lowest BCUT2D eigenvalue weighted by molar-refractivity contribution is 0.0951. The Labute approximate surface area is 125 Å². The molecule has 2 N–H and O–H groups in total. The normalized spacial score (nSPS) is 9.90. The second-order valence-electron chi connectivity index (χ2n) is 4.00. The van der Waals surface area contributed by atoms with Crippen LogP contribution in [0.2, 0.25) is 0 Å². The molecule has 0 aliphatic carbocycles. The first-order valence-electron chi connectivity index (χ1n) is 6.07. The molecule has 0 saturated heterocycles. The average molecular weight is 306 g/mol. The van der Waals surface area contributed by atoms with E-state index in [-0.39, 0.29) is 12.5 Å². The number of aromatic nitrogens is 1. The van der Waals surface area contributed by atoms with Gasteiger partial charge >= 0.3 is 0 Å². The summed E-state index contributed by atoms with van der Waals surface area (Å²) in [5.74, 6) is 5.65. The van der Waals surface area contributed by atoms with Gasteiger partial charge < -0.3 is 10.4 Å². The number of amides is 1. The zero-order valence-electron chi connectivity index (χ0n) is 11.0. The minimum Gasteiger partial charge on any atom is -0.395 e. The van der Waals surface area contributed by atoms with E-state index in [1.54, 1.807) is 29.0 Å². The van der Waals surface area contributed by atoms with Crippen LogP contribution in [0.25, 0.3) is 0 Å². The maximum atomic E-state index is 12.0. The molecule has 0 fully saturated rings. The molecule has 0 bridgehead atoms. The molecule has 6 heteroatoms. The number of carbonyl (C=O) groups excluding carboxylic acids is 1. The van der Waals surface area contributed by atoms with Gasteiger partial charge in [-0.2, -0.15) is 0 Å². The molecule has 2 heterocycles. The number of aryl methyl sites for hydroxylation is 1. The predicted octanol–water partition coefficient (Wildman–Crippen LogP) is 2.18. The highest BCUT2D eigenvalue weighted by Crippen LogP contribution is 2.15. The van der Waals surface area contributed by atoms with Crippen LogP contribution in [0.3, 0.4) is 0 Å². The van der Waals surface area contributed by atoms with Crippen LogP contribution in [0.1, 0.15) is 31.5 Å². The molecule has 0 spiro atoms. The van der Waals surface area contributed by atoms with E-state index in [1.807, 2.05) is 6.92 Å². The van der Waals surface area contributed by atoms with Crippen molar-refractivity contribution in [2.75, 3.05) is 6.61 Å². The standard InChI is InChI=1S/C14H14N2O2S2/c1-10-15-7-13(20-10)8-16-14(18)11-6-12(19-9-11)4-2-3-5-17/h6-7,9,17H,3,5,8H2,1H3,(H,16,18). The fourth-order valence-electron chi connectivity index (χ4n) is 1.48. The van der Waals surface area contributed by atoms with Crippen LogP contribution in [0.5, 0.6) is 0 Å². The minimum absolute atomic E-state index is 0.0555. The Morgan fingerprint density at radius 1 is 1.55 bits per heavy atom. The molecule has 0 unspecified atom stereocenters. The zero-order valence-corrected chi connectivity index (χ0v) is 12.6. The SMILES string of the molecule is Cc1ncc(CNC(=O)c2csc(C#CCCO)c2)s1. The molecule has 0 aliphatic rings. The van der Waals surface area contributed by atoms with Gasteiger partial charge in [-0.1, -0.05) is 11.8 Å². The van der Waals surface area contributed by atoms with E-state index >= 15 is 0 Å². The zero-order chi connectivity index (χ0) is 14.4. The largest absolute Gasteiger partial charge is 0.395 e. The van der Waals surface area contributed by atoms with Crippen LogP contribution in [0.4, 0.5) is 0 Å². The molecule has 2 rings (SSSR count). The van der Waals surface area contributed by atoms with Gasteiger partial charge in [0.2, 0.25) is 0 Å². The van der Waals surface area contributed by atoms with Crippen molar-refractivity contribution in [2.45, 2.75) is 19.9 Å². The molecule has 1 amide bonds. The minimum atomic E-state index is -0.109. The number of aliphatic hydroxyl groups excluding tert-OH is 1. The summed E-state index contributed by atoms with van der Waals surface area (Å²) in [5, 5.41) is 14.3. The van der Waals surface area contributed by atoms with Crippen LogP contribution in [0.15, 0.2) is 17.6 Å². The second-order valence-corrected chi connectivity index (χ2v) is 6.23. The van der Waals surface area contributed by atoms with E-state index in [0.29, 0.717) is 18.5 Å². The van der Waals surface area contributed by atoms with Gasteiger partial charge in [0.05, 0.1) is 28.6 Å². The fourth-order valence-corrected chi connectivity index (χ4v) is 2.97. The van der Waals surface area contributed by atoms with Gasteiger partial charge in [-0.3, -0.25) is 4.79 Å². The molecular formula is C14H14N2O2S2. The van der Waals surface area contributed by atoms with Gasteiger partial charge in [-0.25, -0.2) is 4.98 Å². The molecule has 104 valence electrons. The van der Waals surface area contributed by atoms with E-state index in [4.69, 9.17) is 5.11 Å². The molecule has 2 aromatic rings. The van der Waals surface area contributed by atoms with Crippen molar-refractivity contribution < 1.29 is 9.90 Å². The Balaban J connectivity index is 1.91. The summed E-state index contributed by atoms with van der Waals surface area (Å²) < 4.78 is 0. The number of hydrogen-bond acceptors (Lipinski definition) is 5. The summed E-state index contributed by atoms with van der Waals surface area (Å²) in [6.45, 7) is 2.48. The first kappa shape index (κ1) is 14.7. The number of rotatable bonds is 4. The highest BCUT2D eigenvalue weighted by molar-refractivity contribution is 7.11. The fraction of sp³-hybridized carbons (Fsp3) is 0.286. The molecule has 0 atom stereocenters. The number of nitrogens with one attached hydrogen (secondary N) is 1. The number of carbonyl (C=O) groups is 1. The van der Waals surface area contributed by atoms with Crippen LogP contribution in [-0.4, -0.2) is 22.6 Å². The number of thiazole rings is 1. The quantitative estimate of drug-likeness (QED) is 0.851. The summed E-state index contributed by atoms with van der Waals surface area (Å²) >= 11 is 3.00. The Hall–Kier alpha value is -1.68. The van der Waals surface area contributed by atoms with Crippen molar-refractivity contribution in [2.24, 2.45) is 0 Å². The lowest BCUT2D eigenvalue weighted by Crippen LogP contribution is -2.21. The van der Waals surface area contributed by atoms with Gasteiger partial charge in [0.25, 0.3) is 5.91 Å². The Morgan fingerprint density at radius 3 is 3.10 bits per heavy atom. The average Bonchev–Trinajstić information content (AvgIpc) is 3.06. The van der Waals surface area contributed by atoms with Gasteiger partial charge in [-0.05, 0) is 13.0 Å². The smallest absolute Gasteiger partial charge is 0.252 e. The topological polar surface area (TPSA) is 62.2 Å². The molecule has 0 saturated carbocycles. The van der Waals surface area contributed by atoms with Crippen LogP contribution >= 0.6 is 22.7 Å². The second kappa shape index (κ2) is 7.20. The van der Waals surface area contributed by atoms with Crippen molar-refractivity contribution in [3.8, 4) is 11.8 Å². The third-order valence-corrected chi connectivity index (χ3v) is 4.16. The maximum absolute atomic E-state index is 12.0. The third-order valence-electron chi connectivity index (χ3n) is 2.40. The van der Waals surface area contributed by atoms with Crippen LogP contribution in [-0.2, 0) is 6.54 Å². The molecule has 0 aliphatic heterocycles. The van der Waals surface area contributed by atoms with Crippen LogP contribution in [0, 0.1) is 18.8 Å². The highest BCUT2D eigenvalue weighted by atomic mass is 32.1. The molecule has 0 aromatic carbocycles. The van der Waals surface area contributed by atoms with Gasteiger partial charge in [0.1, 0.15) is 0 Å². The summed E-state index contributed by atoms with van der Waals surface area (Å²) in [6, 6.07) is 1.77.